The normalized spacial score (nSPS) is 26.2. The number of alkyl halides is 1. The van der Waals surface area contributed by atoms with Crippen LogP contribution in [0.2, 0.25) is 0 Å². The molecule has 0 amide bonds. The minimum absolute atomic E-state index is 0.209. The second kappa shape index (κ2) is 5.56. The highest BCUT2D eigenvalue weighted by Crippen LogP contribution is 2.28. The van der Waals surface area contributed by atoms with Crippen LogP contribution in [0.4, 0.5) is 0 Å². The standard InChI is InChI=1S/C11H14Br2N2O2S/c1-8-2-3-15(7-11(8)13)18(16,17)10-4-9(12)5-14-6-10/h4-6,8,11H,2-3,7H2,1H3. The highest BCUT2D eigenvalue weighted by atomic mass is 79.9. The maximum Gasteiger partial charge on any atom is 0.244 e. The van der Waals surface area contributed by atoms with Crippen LogP contribution in [0.1, 0.15) is 13.3 Å². The fourth-order valence-electron chi connectivity index (χ4n) is 1.90. The molecular formula is C11H14Br2N2O2S. The number of sulfonamides is 1. The van der Waals surface area contributed by atoms with Gasteiger partial charge in [0.05, 0.1) is 0 Å². The molecule has 100 valence electrons. The molecule has 0 aliphatic carbocycles. The van der Waals surface area contributed by atoms with Gasteiger partial charge in [-0.1, -0.05) is 22.9 Å². The summed E-state index contributed by atoms with van der Waals surface area (Å²) in [6.45, 7) is 3.21. The first-order valence-corrected chi connectivity index (χ1v) is 8.81. The Hall–Kier alpha value is 0.0200. The lowest BCUT2D eigenvalue weighted by molar-refractivity contribution is 0.300. The van der Waals surface area contributed by atoms with Crippen molar-refractivity contribution in [1.29, 1.82) is 0 Å². The molecule has 1 aromatic rings. The van der Waals surface area contributed by atoms with E-state index in [1.165, 1.54) is 10.5 Å². The van der Waals surface area contributed by atoms with E-state index in [1.54, 1.807) is 12.3 Å². The molecule has 2 rings (SSSR count). The average Bonchev–Trinajstić information content (AvgIpc) is 2.32. The number of piperidine rings is 1. The molecule has 0 saturated carbocycles. The molecule has 1 aliphatic heterocycles. The zero-order valence-corrected chi connectivity index (χ0v) is 13.9. The van der Waals surface area contributed by atoms with Gasteiger partial charge in [0, 0.05) is 34.8 Å². The monoisotopic (exact) mass is 396 g/mol. The van der Waals surface area contributed by atoms with Gasteiger partial charge < -0.3 is 0 Å². The fourth-order valence-corrected chi connectivity index (χ4v) is 4.69. The summed E-state index contributed by atoms with van der Waals surface area (Å²) in [5, 5.41) is 0. The highest BCUT2D eigenvalue weighted by molar-refractivity contribution is 9.10. The lowest BCUT2D eigenvalue weighted by Gasteiger charge is -2.33. The van der Waals surface area contributed by atoms with Gasteiger partial charge in [0.25, 0.3) is 0 Å². The van der Waals surface area contributed by atoms with E-state index in [4.69, 9.17) is 0 Å². The summed E-state index contributed by atoms with van der Waals surface area (Å²) in [5.74, 6) is 0.497. The predicted molar refractivity (Wildman–Crippen MR) is 77.2 cm³/mol. The first-order valence-electron chi connectivity index (χ1n) is 5.66. The van der Waals surface area contributed by atoms with Crippen molar-refractivity contribution in [1.82, 2.24) is 9.29 Å². The van der Waals surface area contributed by atoms with Crippen molar-refractivity contribution in [3.63, 3.8) is 0 Å². The number of halogens is 2. The molecule has 1 aromatic heterocycles. The summed E-state index contributed by atoms with van der Waals surface area (Å²) in [7, 11) is -3.43. The van der Waals surface area contributed by atoms with Crippen molar-refractivity contribution in [2.45, 2.75) is 23.1 Å². The summed E-state index contributed by atoms with van der Waals surface area (Å²) in [6.07, 6.45) is 3.84. The van der Waals surface area contributed by atoms with E-state index in [2.05, 4.69) is 43.8 Å². The summed E-state index contributed by atoms with van der Waals surface area (Å²) in [5.41, 5.74) is 0. The van der Waals surface area contributed by atoms with Gasteiger partial charge in [-0.15, -0.1) is 0 Å². The van der Waals surface area contributed by atoms with Gasteiger partial charge in [-0.3, -0.25) is 4.98 Å². The smallest absolute Gasteiger partial charge is 0.244 e. The average molecular weight is 398 g/mol. The maximum atomic E-state index is 12.4. The van der Waals surface area contributed by atoms with Gasteiger partial charge in [-0.05, 0) is 34.3 Å². The van der Waals surface area contributed by atoms with E-state index >= 15 is 0 Å². The number of hydrogen-bond donors (Lipinski definition) is 0. The van der Waals surface area contributed by atoms with Gasteiger partial charge in [0.2, 0.25) is 10.0 Å². The molecule has 1 saturated heterocycles. The van der Waals surface area contributed by atoms with Crippen molar-refractivity contribution in [2.75, 3.05) is 13.1 Å². The van der Waals surface area contributed by atoms with Crippen molar-refractivity contribution in [2.24, 2.45) is 5.92 Å². The van der Waals surface area contributed by atoms with E-state index in [0.29, 0.717) is 23.5 Å². The zero-order valence-electron chi connectivity index (χ0n) is 9.88. The van der Waals surface area contributed by atoms with E-state index in [1.807, 2.05) is 0 Å². The van der Waals surface area contributed by atoms with Crippen molar-refractivity contribution in [3.05, 3.63) is 22.9 Å². The Morgan fingerprint density at radius 1 is 1.44 bits per heavy atom. The molecule has 4 nitrogen and oxygen atoms in total. The molecule has 2 heterocycles. The van der Waals surface area contributed by atoms with Crippen LogP contribution in [-0.4, -0.2) is 35.6 Å². The van der Waals surface area contributed by atoms with Crippen molar-refractivity contribution >= 4 is 41.9 Å². The molecule has 0 spiro atoms. The molecular weight excluding hydrogens is 384 g/mol. The van der Waals surface area contributed by atoms with Crippen LogP contribution in [0.5, 0.6) is 0 Å². The third-order valence-corrected chi connectivity index (χ3v) is 6.60. The van der Waals surface area contributed by atoms with E-state index in [0.717, 1.165) is 6.42 Å². The molecule has 2 atom stereocenters. The van der Waals surface area contributed by atoms with E-state index in [9.17, 15) is 8.42 Å². The minimum Gasteiger partial charge on any atom is -0.262 e. The number of pyridine rings is 1. The summed E-state index contributed by atoms with van der Waals surface area (Å²) < 4.78 is 27.1. The molecule has 0 aromatic carbocycles. The SMILES string of the molecule is CC1CCN(S(=O)(=O)c2cncc(Br)c2)CC1Br. The molecule has 1 fully saturated rings. The van der Waals surface area contributed by atoms with Gasteiger partial charge in [-0.25, -0.2) is 8.42 Å². The van der Waals surface area contributed by atoms with E-state index < -0.39 is 10.0 Å². The summed E-state index contributed by atoms with van der Waals surface area (Å²) in [6, 6.07) is 1.59. The molecule has 1 aliphatic rings. The second-order valence-electron chi connectivity index (χ2n) is 4.48. The predicted octanol–water partition coefficient (Wildman–Crippen LogP) is 2.64. The van der Waals surface area contributed by atoms with Crippen LogP contribution >= 0.6 is 31.9 Å². The van der Waals surface area contributed by atoms with E-state index in [-0.39, 0.29) is 9.72 Å². The van der Waals surface area contributed by atoms with Gasteiger partial charge in [0.1, 0.15) is 4.90 Å². The maximum absolute atomic E-state index is 12.4. The van der Waals surface area contributed by atoms with Crippen LogP contribution in [0.25, 0.3) is 0 Å². The molecule has 7 heteroatoms. The van der Waals surface area contributed by atoms with Gasteiger partial charge >= 0.3 is 0 Å². The number of rotatable bonds is 2. The zero-order chi connectivity index (χ0) is 13.3. The first-order chi connectivity index (χ1) is 8.41. The Morgan fingerprint density at radius 3 is 2.78 bits per heavy atom. The van der Waals surface area contributed by atoms with Crippen LogP contribution in [0.3, 0.4) is 0 Å². The quantitative estimate of drug-likeness (QED) is 0.720. The van der Waals surface area contributed by atoms with Crippen LogP contribution in [0.15, 0.2) is 27.8 Å². The highest BCUT2D eigenvalue weighted by Gasteiger charge is 2.32. The summed E-state index contributed by atoms with van der Waals surface area (Å²) >= 11 is 6.79. The Bertz CT molecular complexity index is 536. The van der Waals surface area contributed by atoms with Crippen LogP contribution < -0.4 is 0 Å². The molecule has 0 N–H and O–H groups in total. The van der Waals surface area contributed by atoms with Gasteiger partial charge in [-0.2, -0.15) is 4.31 Å². The first kappa shape index (κ1) is 14.4. The third kappa shape index (κ3) is 2.95. The fraction of sp³-hybridized carbons (Fsp3) is 0.545. The lowest BCUT2D eigenvalue weighted by Crippen LogP contribution is -2.43. The Balaban J connectivity index is 2.27. The second-order valence-corrected chi connectivity index (χ2v) is 8.51. The minimum atomic E-state index is -3.43. The number of nitrogens with zero attached hydrogens (tertiary/aromatic N) is 2. The molecule has 0 bridgehead atoms. The third-order valence-electron chi connectivity index (χ3n) is 3.15. The lowest BCUT2D eigenvalue weighted by atomic mass is 10.0. The van der Waals surface area contributed by atoms with Crippen molar-refractivity contribution in [3.8, 4) is 0 Å². The largest absolute Gasteiger partial charge is 0.262 e. The van der Waals surface area contributed by atoms with Crippen molar-refractivity contribution < 1.29 is 8.42 Å². The molecule has 2 unspecified atom stereocenters. The van der Waals surface area contributed by atoms with Gasteiger partial charge in [0.15, 0.2) is 0 Å². The number of aromatic nitrogens is 1. The molecule has 18 heavy (non-hydrogen) atoms. The Labute approximate surface area is 124 Å². The van der Waals surface area contributed by atoms with Crippen LogP contribution in [-0.2, 0) is 10.0 Å². The number of hydrogen-bond acceptors (Lipinski definition) is 3. The molecule has 0 radical (unpaired) electrons. The Morgan fingerprint density at radius 2 is 2.17 bits per heavy atom. The van der Waals surface area contributed by atoms with Crippen LogP contribution in [0, 0.1) is 5.92 Å². The summed E-state index contributed by atoms with van der Waals surface area (Å²) in [4.78, 5) is 4.37. The topological polar surface area (TPSA) is 50.3 Å². The Kier molecular flexibility index (Phi) is 4.46.